The Bertz CT molecular complexity index is 589. The molecular weight excluding hydrogens is 298 g/mol. The van der Waals surface area contributed by atoms with Gasteiger partial charge in [-0.05, 0) is 31.2 Å². The summed E-state index contributed by atoms with van der Waals surface area (Å²) in [6, 6.07) is 0. The number of carbonyl (C=O) groups is 1. The minimum Gasteiger partial charge on any atom is -0.350 e. The van der Waals surface area contributed by atoms with Crippen molar-refractivity contribution in [1.29, 1.82) is 0 Å². The zero-order valence-electron chi connectivity index (χ0n) is 12.5. The molecule has 1 saturated heterocycles. The number of anilines is 1. The molecule has 0 radical (unpaired) electrons. The second kappa shape index (κ2) is 7.40. The Morgan fingerprint density at radius 1 is 1.41 bits per heavy atom. The molecule has 0 aromatic carbocycles. The zero-order chi connectivity index (χ0) is 15.2. The molecule has 1 aliphatic rings. The smallest absolute Gasteiger partial charge is 0.220 e. The minimum absolute atomic E-state index is 0.0826. The van der Waals surface area contributed by atoms with Crippen molar-refractivity contribution < 1.29 is 4.79 Å². The van der Waals surface area contributed by atoms with Gasteiger partial charge in [0.15, 0.2) is 5.13 Å². The van der Waals surface area contributed by atoms with Gasteiger partial charge in [-0.15, -0.1) is 11.3 Å². The van der Waals surface area contributed by atoms with Gasteiger partial charge in [0, 0.05) is 31.1 Å². The Balaban J connectivity index is 1.37. The Labute approximate surface area is 133 Å². The fraction of sp³-hybridized carbons (Fsp3) is 0.533. The van der Waals surface area contributed by atoms with Gasteiger partial charge >= 0.3 is 0 Å². The van der Waals surface area contributed by atoms with Crippen molar-refractivity contribution in [3.05, 3.63) is 29.0 Å². The lowest BCUT2D eigenvalue weighted by Crippen LogP contribution is -2.23. The number of nitrogens with zero attached hydrogens (tertiary/aromatic N) is 3. The Morgan fingerprint density at radius 2 is 2.27 bits per heavy atom. The van der Waals surface area contributed by atoms with Crippen molar-refractivity contribution in [3.63, 3.8) is 0 Å². The molecule has 0 saturated carbocycles. The number of thiazole rings is 1. The van der Waals surface area contributed by atoms with E-state index in [4.69, 9.17) is 0 Å². The quantitative estimate of drug-likeness (QED) is 0.820. The maximum Gasteiger partial charge on any atom is 0.220 e. The van der Waals surface area contributed by atoms with Crippen LogP contribution in [0.1, 0.15) is 36.9 Å². The molecule has 2 aromatic rings. The van der Waals surface area contributed by atoms with Gasteiger partial charge in [-0.25, -0.2) is 4.98 Å². The first-order chi connectivity index (χ1) is 10.8. The third-order valence-corrected chi connectivity index (χ3v) is 4.76. The maximum atomic E-state index is 11.8. The summed E-state index contributed by atoms with van der Waals surface area (Å²) in [4.78, 5) is 18.8. The van der Waals surface area contributed by atoms with E-state index in [1.165, 1.54) is 12.8 Å². The summed E-state index contributed by atoms with van der Waals surface area (Å²) in [6.45, 7) is 2.73. The van der Waals surface area contributed by atoms with Crippen LogP contribution in [0.4, 0.5) is 5.13 Å². The number of nitrogens with one attached hydrogen (secondary N) is 2. The van der Waals surface area contributed by atoms with Crippen molar-refractivity contribution in [2.75, 3.05) is 18.0 Å². The van der Waals surface area contributed by atoms with Crippen LogP contribution in [0.25, 0.3) is 0 Å². The molecule has 0 spiro atoms. The molecule has 0 bridgehead atoms. The first-order valence-corrected chi connectivity index (χ1v) is 8.63. The van der Waals surface area contributed by atoms with Crippen LogP contribution in [0.15, 0.2) is 17.8 Å². The highest BCUT2D eigenvalue weighted by molar-refractivity contribution is 7.13. The third-order valence-electron chi connectivity index (χ3n) is 3.81. The van der Waals surface area contributed by atoms with Crippen LogP contribution >= 0.6 is 11.3 Å². The van der Waals surface area contributed by atoms with Gasteiger partial charge in [0.25, 0.3) is 0 Å². The normalized spacial score (nSPS) is 14.5. The predicted octanol–water partition coefficient (Wildman–Crippen LogP) is 2.11. The van der Waals surface area contributed by atoms with E-state index >= 15 is 0 Å². The lowest BCUT2D eigenvalue weighted by molar-refractivity contribution is -0.121. The number of hydrogen-bond acceptors (Lipinski definition) is 5. The third kappa shape index (κ3) is 4.07. The summed E-state index contributed by atoms with van der Waals surface area (Å²) < 4.78 is 0. The molecule has 3 heterocycles. The van der Waals surface area contributed by atoms with Crippen LogP contribution in [0.5, 0.6) is 0 Å². The molecule has 1 aliphatic heterocycles. The molecule has 0 aliphatic carbocycles. The second-order valence-electron chi connectivity index (χ2n) is 5.55. The standard InChI is InChI=1S/C15H21N5OS/c21-14(5-3-4-12-8-17-18-9-12)16-10-13-11-22-15(19-13)20-6-1-2-7-20/h8-9,11H,1-7,10H2,(H,16,21)(H,17,18). The van der Waals surface area contributed by atoms with Crippen molar-refractivity contribution in [2.24, 2.45) is 0 Å². The van der Waals surface area contributed by atoms with Crippen LogP contribution in [0.3, 0.4) is 0 Å². The molecule has 1 fully saturated rings. The van der Waals surface area contributed by atoms with Crippen LogP contribution in [0, 0.1) is 0 Å². The van der Waals surface area contributed by atoms with Crippen LogP contribution in [-0.4, -0.2) is 34.2 Å². The van der Waals surface area contributed by atoms with Gasteiger partial charge < -0.3 is 10.2 Å². The summed E-state index contributed by atoms with van der Waals surface area (Å²) in [5.74, 6) is 0.0826. The lowest BCUT2D eigenvalue weighted by atomic mass is 10.1. The number of hydrogen-bond donors (Lipinski definition) is 2. The lowest BCUT2D eigenvalue weighted by Gasteiger charge is -2.12. The molecule has 6 nitrogen and oxygen atoms in total. The molecular formula is C15H21N5OS. The van der Waals surface area contributed by atoms with E-state index in [0.29, 0.717) is 13.0 Å². The molecule has 0 atom stereocenters. The molecule has 3 rings (SSSR count). The Morgan fingerprint density at radius 3 is 3.05 bits per heavy atom. The average molecular weight is 319 g/mol. The highest BCUT2D eigenvalue weighted by Gasteiger charge is 2.15. The Hall–Kier alpha value is -1.89. The number of amides is 1. The van der Waals surface area contributed by atoms with Crippen LogP contribution in [0.2, 0.25) is 0 Å². The maximum absolute atomic E-state index is 11.8. The van der Waals surface area contributed by atoms with Crippen molar-refractivity contribution >= 4 is 22.4 Å². The molecule has 2 aromatic heterocycles. The van der Waals surface area contributed by atoms with E-state index in [2.05, 4.69) is 25.4 Å². The SMILES string of the molecule is O=C(CCCc1cn[nH]c1)NCc1csc(N2CCCC2)n1. The summed E-state index contributed by atoms with van der Waals surface area (Å²) >= 11 is 1.67. The highest BCUT2D eigenvalue weighted by Crippen LogP contribution is 2.24. The van der Waals surface area contributed by atoms with E-state index in [1.807, 2.05) is 11.6 Å². The number of aromatic amines is 1. The van der Waals surface area contributed by atoms with Crippen molar-refractivity contribution in [1.82, 2.24) is 20.5 Å². The van der Waals surface area contributed by atoms with Crippen molar-refractivity contribution in [2.45, 2.75) is 38.6 Å². The van der Waals surface area contributed by atoms with Gasteiger partial charge in [-0.3, -0.25) is 9.89 Å². The molecule has 0 unspecified atom stereocenters. The van der Waals surface area contributed by atoms with Gasteiger partial charge in [0.05, 0.1) is 18.4 Å². The first-order valence-electron chi connectivity index (χ1n) is 7.75. The topological polar surface area (TPSA) is 73.9 Å². The second-order valence-corrected chi connectivity index (χ2v) is 6.39. The number of rotatable bonds is 7. The summed E-state index contributed by atoms with van der Waals surface area (Å²) in [5, 5.41) is 12.7. The van der Waals surface area contributed by atoms with Gasteiger partial charge in [0.2, 0.25) is 5.91 Å². The van der Waals surface area contributed by atoms with Gasteiger partial charge in [0.1, 0.15) is 0 Å². The number of aromatic nitrogens is 3. The molecule has 22 heavy (non-hydrogen) atoms. The number of carbonyl (C=O) groups excluding carboxylic acids is 1. The van der Waals surface area contributed by atoms with E-state index in [0.717, 1.165) is 42.3 Å². The van der Waals surface area contributed by atoms with Crippen LogP contribution in [-0.2, 0) is 17.8 Å². The zero-order valence-corrected chi connectivity index (χ0v) is 13.4. The predicted molar refractivity (Wildman–Crippen MR) is 86.9 cm³/mol. The number of H-pyrrole nitrogens is 1. The van der Waals surface area contributed by atoms with Gasteiger partial charge in [-0.1, -0.05) is 0 Å². The molecule has 118 valence electrons. The minimum atomic E-state index is 0.0826. The van der Waals surface area contributed by atoms with E-state index < -0.39 is 0 Å². The van der Waals surface area contributed by atoms with Crippen molar-refractivity contribution in [3.8, 4) is 0 Å². The summed E-state index contributed by atoms with van der Waals surface area (Å²) in [6.07, 6.45) is 8.42. The molecule has 2 N–H and O–H groups in total. The van der Waals surface area contributed by atoms with E-state index in [-0.39, 0.29) is 5.91 Å². The fourth-order valence-corrected chi connectivity index (χ4v) is 3.46. The number of aryl methyl sites for hydroxylation is 1. The first kappa shape index (κ1) is 15.0. The summed E-state index contributed by atoms with van der Waals surface area (Å²) in [5.41, 5.74) is 2.10. The summed E-state index contributed by atoms with van der Waals surface area (Å²) in [7, 11) is 0. The molecule has 7 heteroatoms. The van der Waals surface area contributed by atoms with E-state index in [1.54, 1.807) is 17.5 Å². The highest BCUT2D eigenvalue weighted by atomic mass is 32.1. The van der Waals surface area contributed by atoms with Gasteiger partial charge in [-0.2, -0.15) is 5.10 Å². The van der Waals surface area contributed by atoms with E-state index in [9.17, 15) is 4.79 Å². The molecule has 1 amide bonds. The fourth-order valence-electron chi connectivity index (χ4n) is 2.58. The largest absolute Gasteiger partial charge is 0.350 e. The van der Waals surface area contributed by atoms with Crippen LogP contribution < -0.4 is 10.2 Å². The monoisotopic (exact) mass is 319 g/mol. The average Bonchev–Trinajstić information content (AvgIpc) is 3.26. The Kier molecular flexibility index (Phi) is 5.05.